The van der Waals surface area contributed by atoms with Crippen LogP contribution in [0.25, 0.3) is 0 Å². The largest absolute Gasteiger partial charge is 0.486 e. The molecule has 1 aromatic rings. The molecule has 0 unspecified atom stereocenters. The first-order valence-electron chi connectivity index (χ1n) is 4.53. The Bertz CT molecular complexity index is 310. The predicted molar refractivity (Wildman–Crippen MR) is 49.3 cm³/mol. The van der Waals surface area contributed by atoms with Crippen LogP contribution < -0.4 is 9.47 Å². The fourth-order valence-electron chi connectivity index (χ4n) is 1.41. The summed E-state index contributed by atoms with van der Waals surface area (Å²) < 4.78 is 11.0. The summed E-state index contributed by atoms with van der Waals surface area (Å²) in [5, 5.41) is 0. The number of ether oxygens (including phenoxy) is 2. The van der Waals surface area contributed by atoms with Gasteiger partial charge in [0.1, 0.15) is 13.2 Å². The van der Waals surface area contributed by atoms with Crippen molar-refractivity contribution in [2.24, 2.45) is 0 Å². The molecule has 3 heteroatoms. The maximum Gasteiger partial charge on any atom is 0.183 e. The Morgan fingerprint density at radius 2 is 2.08 bits per heavy atom. The van der Waals surface area contributed by atoms with Crippen LogP contribution in [-0.2, 0) is 0 Å². The lowest BCUT2D eigenvalue weighted by atomic mass is 10.1. The van der Waals surface area contributed by atoms with Gasteiger partial charge in [-0.05, 0) is 5.92 Å². The van der Waals surface area contributed by atoms with E-state index in [1.807, 2.05) is 6.07 Å². The van der Waals surface area contributed by atoms with Crippen LogP contribution in [0.2, 0.25) is 0 Å². The Morgan fingerprint density at radius 1 is 1.31 bits per heavy atom. The lowest BCUT2D eigenvalue weighted by Crippen LogP contribution is -2.17. The zero-order valence-corrected chi connectivity index (χ0v) is 7.91. The Balaban J connectivity index is 2.46. The Kier molecular flexibility index (Phi) is 2.08. The lowest BCUT2D eigenvalue weighted by molar-refractivity contribution is 0.168. The van der Waals surface area contributed by atoms with Crippen LogP contribution in [0.15, 0.2) is 12.3 Å². The molecule has 13 heavy (non-hydrogen) atoms. The molecule has 2 rings (SSSR count). The van der Waals surface area contributed by atoms with Crippen LogP contribution in [0, 0.1) is 0 Å². The van der Waals surface area contributed by atoms with Crippen LogP contribution in [0.5, 0.6) is 11.5 Å². The van der Waals surface area contributed by atoms with Crippen LogP contribution in [0.3, 0.4) is 0 Å². The van der Waals surface area contributed by atoms with E-state index in [2.05, 4.69) is 18.8 Å². The normalized spacial score (nSPS) is 14.7. The van der Waals surface area contributed by atoms with Crippen molar-refractivity contribution in [3.63, 3.8) is 0 Å². The van der Waals surface area contributed by atoms with Crippen LogP contribution in [0.4, 0.5) is 0 Å². The van der Waals surface area contributed by atoms with Gasteiger partial charge >= 0.3 is 0 Å². The van der Waals surface area contributed by atoms with Gasteiger partial charge < -0.3 is 9.47 Å². The standard InChI is InChI=1S/C10H13NO2/c1-7(2)9-10-8(3-4-11-9)12-5-6-13-10/h3-4,7H,5-6H2,1-2H3. The third-order valence-corrected chi connectivity index (χ3v) is 2.03. The summed E-state index contributed by atoms with van der Waals surface area (Å²) in [7, 11) is 0. The minimum atomic E-state index is 0.372. The topological polar surface area (TPSA) is 31.4 Å². The maximum atomic E-state index is 5.53. The Hall–Kier alpha value is -1.25. The maximum absolute atomic E-state index is 5.53. The van der Waals surface area contributed by atoms with Crippen LogP contribution in [0.1, 0.15) is 25.5 Å². The average Bonchev–Trinajstić information content (AvgIpc) is 2.17. The SMILES string of the molecule is CC(C)c1nccc2c1OCCO2. The number of rotatable bonds is 1. The molecule has 1 aromatic heterocycles. The second kappa shape index (κ2) is 3.24. The molecular weight excluding hydrogens is 166 g/mol. The highest BCUT2D eigenvalue weighted by Crippen LogP contribution is 2.35. The fourth-order valence-corrected chi connectivity index (χ4v) is 1.41. The first-order chi connectivity index (χ1) is 6.29. The minimum absolute atomic E-state index is 0.372. The third-order valence-electron chi connectivity index (χ3n) is 2.03. The van der Waals surface area contributed by atoms with Crippen molar-refractivity contribution >= 4 is 0 Å². The molecule has 0 saturated carbocycles. The van der Waals surface area contributed by atoms with Gasteiger partial charge in [-0.3, -0.25) is 4.98 Å². The zero-order chi connectivity index (χ0) is 9.26. The zero-order valence-electron chi connectivity index (χ0n) is 7.91. The Labute approximate surface area is 77.7 Å². The number of hydrogen-bond donors (Lipinski definition) is 0. The summed E-state index contributed by atoms with van der Waals surface area (Å²) in [4.78, 5) is 4.29. The van der Waals surface area contributed by atoms with Crippen molar-refractivity contribution in [1.29, 1.82) is 0 Å². The van der Waals surface area contributed by atoms with Crippen molar-refractivity contribution in [3.8, 4) is 11.5 Å². The summed E-state index contributed by atoms with van der Waals surface area (Å²) in [6, 6.07) is 1.85. The smallest absolute Gasteiger partial charge is 0.183 e. The molecule has 0 bridgehead atoms. The summed E-state index contributed by atoms with van der Waals surface area (Å²) >= 11 is 0. The molecule has 1 aliphatic rings. The lowest BCUT2D eigenvalue weighted by Gasteiger charge is -2.21. The van der Waals surface area contributed by atoms with Gasteiger partial charge in [0.25, 0.3) is 0 Å². The quantitative estimate of drug-likeness (QED) is 0.660. The second-order valence-corrected chi connectivity index (χ2v) is 3.38. The van der Waals surface area contributed by atoms with Crippen molar-refractivity contribution in [3.05, 3.63) is 18.0 Å². The first kappa shape index (κ1) is 8.35. The number of nitrogens with zero attached hydrogens (tertiary/aromatic N) is 1. The highest BCUT2D eigenvalue weighted by molar-refractivity contribution is 5.44. The van der Waals surface area contributed by atoms with E-state index in [1.165, 1.54) is 0 Å². The molecule has 0 spiro atoms. The molecule has 1 aliphatic heterocycles. The third kappa shape index (κ3) is 1.46. The van der Waals surface area contributed by atoms with Gasteiger partial charge in [0.2, 0.25) is 0 Å². The molecule has 0 atom stereocenters. The predicted octanol–water partition coefficient (Wildman–Crippen LogP) is 1.98. The average molecular weight is 179 g/mol. The molecule has 0 N–H and O–H groups in total. The van der Waals surface area contributed by atoms with Crippen LogP contribution in [-0.4, -0.2) is 18.2 Å². The van der Waals surface area contributed by atoms with Gasteiger partial charge in [-0.25, -0.2) is 0 Å². The number of pyridine rings is 1. The van der Waals surface area contributed by atoms with Crippen LogP contribution >= 0.6 is 0 Å². The molecular formula is C10H13NO2. The van der Waals surface area contributed by atoms with Gasteiger partial charge in [-0.1, -0.05) is 13.8 Å². The molecule has 0 saturated heterocycles. The molecule has 0 aliphatic carbocycles. The van der Waals surface area contributed by atoms with E-state index < -0.39 is 0 Å². The highest BCUT2D eigenvalue weighted by Gasteiger charge is 2.18. The van der Waals surface area contributed by atoms with Crippen molar-refractivity contribution < 1.29 is 9.47 Å². The van der Waals surface area contributed by atoms with E-state index in [4.69, 9.17) is 9.47 Å². The summed E-state index contributed by atoms with van der Waals surface area (Å²) in [6.45, 7) is 5.45. The van der Waals surface area contributed by atoms with Crippen molar-refractivity contribution in [1.82, 2.24) is 4.98 Å². The highest BCUT2D eigenvalue weighted by atomic mass is 16.6. The molecule has 3 nitrogen and oxygen atoms in total. The van der Waals surface area contributed by atoms with Gasteiger partial charge in [-0.2, -0.15) is 0 Å². The first-order valence-corrected chi connectivity index (χ1v) is 4.53. The summed E-state index contributed by atoms with van der Waals surface area (Å²) in [6.07, 6.45) is 1.77. The van der Waals surface area contributed by atoms with Gasteiger partial charge in [0, 0.05) is 12.3 Å². The number of hydrogen-bond acceptors (Lipinski definition) is 3. The van der Waals surface area contributed by atoms with Gasteiger partial charge in [0.05, 0.1) is 5.69 Å². The van der Waals surface area contributed by atoms with Gasteiger partial charge in [-0.15, -0.1) is 0 Å². The summed E-state index contributed by atoms with van der Waals surface area (Å²) in [5.74, 6) is 2.02. The van der Waals surface area contributed by atoms with Crippen molar-refractivity contribution in [2.75, 3.05) is 13.2 Å². The molecule has 0 fully saturated rings. The van der Waals surface area contributed by atoms with Crippen molar-refractivity contribution in [2.45, 2.75) is 19.8 Å². The number of fused-ring (bicyclic) bond motifs is 1. The van der Waals surface area contributed by atoms with E-state index in [0.717, 1.165) is 17.2 Å². The second-order valence-electron chi connectivity index (χ2n) is 3.38. The van der Waals surface area contributed by atoms with Gasteiger partial charge in [0.15, 0.2) is 11.5 Å². The molecule has 70 valence electrons. The number of aromatic nitrogens is 1. The van der Waals surface area contributed by atoms with E-state index in [-0.39, 0.29) is 0 Å². The molecule has 0 radical (unpaired) electrons. The fraction of sp³-hybridized carbons (Fsp3) is 0.500. The minimum Gasteiger partial charge on any atom is -0.486 e. The molecule has 2 heterocycles. The van der Waals surface area contributed by atoms with E-state index in [0.29, 0.717) is 19.1 Å². The summed E-state index contributed by atoms with van der Waals surface area (Å²) in [5.41, 5.74) is 0.984. The molecule has 0 aromatic carbocycles. The van der Waals surface area contributed by atoms with E-state index in [1.54, 1.807) is 6.20 Å². The Morgan fingerprint density at radius 3 is 2.85 bits per heavy atom. The monoisotopic (exact) mass is 179 g/mol. The molecule has 0 amide bonds. The van der Waals surface area contributed by atoms with E-state index in [9.17, 15) is 0 Å². The van der Waals surface area contributed by atoms with E-state index >= 15 is 0 Å².